The van der Waals surface area contributed by atoms with Crippen molar-refractivity contribution in [1.29, 1.82) is 0 Å². The number of benzene rings is 1. The van der Waals surface area contributed by atoms with E-state index in [4.69, 9.17) is 12.2 Å². The maximum Gasteiger partial charge on any atom is 0.317 e. The SMILES string of the molecule is CC(C)C(=S)Nc1ccc(CC(CN(CC(=O)O)CC(C)N(CC(=O)O)CC(=O)O)N(CC(=O)O)CC(=O)O)cc1. The number of hydrogen-bond donors (Lipinski definition) is 6. The van der Waals surface area contributed by atoms with Gasteiger partial charge in [-0.1, -0.05) is 38.2 Å². The van der Waals surface area contributed by atoms with Crippen molar-refractivity contribution in [3.63, 3.8) is 0 Å². The van der Waals surface area contributed by atoms with Crippen LogP contribution in [0.4, 0.5) is 5.69 Å². The topological polar surface area (TPSA) is 208 Å². The second-order valence-corrected chi connectivity index (χ2v) is 10.5. The Bertz CT molecular complexity index is 1050. The highest BCUT2D eigenvalue weighted by molar-refractivity contribution is 7.80. The molecular formula is C26H38N4O10S. The molecule has 1 aromatic carbocycles. The first-order valence-electron chi connectivity index (χ1n) is 12.8. The third kappa shape index (κ3) is 14.5. The number of rotatable bonds is 20. The first-order chi connectivity index (χ1) is 19.1. The van der Waals surface area contributed by atoms with Crippen LogP contribution in [0, 0.1) is 5.92 Å². The zero-order valence-electron chi connectivity index (χ0n) is 23.2. The lowest BCUT2D eigenvalue weighted by Crippen LogP contribution is -2.53. The molecule has 0 radical (unpaired) electrons. The molecule has 228 valence electrons. The average molecular weight is 599 g/mol. The largest absolute Gasteiger partial charge is 0.480 e. The van der Waals surface area contributed by atoms with Gasteiger partial charge < -0.3 is 30.8 Å². The van der Waals surface area contributed by atoms with Gasteiger partial charge in [0.15, 0.2) is 0 Å². The normalized spacial score (nSPS) is 12.9. The summed E-state index contributed by atoms with van der Waals surface area (Å²) >= 11 is 5.31. The Morgan fingerprint density at radius 3 is 1.56 bits per heavy atom. The van der Waals surface area contributed by atoms with E-state index in [-0.39, 0.29) is 25.4 Å². The number of carboxylic acids is 5. The number of anilines is 1. The fourth-order valence-electron chi connectivity index (χ4n) is 4.15. The lowest BCUT2D eigenvalue weighted by atomic mass is 10.0. The molecule has 0 fully saturated rings. The minimum absolute atomic E-state index is 0.0765. The van der Waals surface area contributed by atoms with Crippen LogP contribution < -0.4 is 5.32 Å². The highest BCUT2D eigenvalue weighted by atomic mass is 32.1. The van der Waals surface area contributed by atoms with Gasteiger partial charge in [0.25, 0.3) is 0 Å². The van der Waals surface area contributed by atoms with E-state index >= 15 is 0 Å². The molecule has 41 heavy (non-hydrogen) atoms. The van der Waals surface area contributed by atoms with E-state index in [2.05, 4.69) is 5.32 Å². The van der Waals surface area contributed by atoms with Crippen LogP contribution in [0.2, 0.25) is 0 Å². The Kier molecular flexibility index (Phi) is 14.9. The van der Waals surface area contributed by atoms with E-state index in [1.54, 1.807) is 31.2 Å². The summed E-state index contributed by atoms with van der Waals surface area (Å²) in [5.74, 6) is -6.17. The maximum absolute atomic E-state index is 11.7. The van der Waals surface area contributed by atoms with Crippen LogP contribution in [0.1, 0.15) is 26.3 Å². The van der Waals surface area contributed by atoms with Crippen LogP contribution in [0.3, 0.4) is 0 Å². The van der Waals surface area contributed by atoms with Crippen LogP contribution in [-0.4, -0.2) is 133 Å². The van der Waals surface area contributed by atoms with Crippen molar-refractivity contribution in [2.24, 2.45) is 5.92 Å². The number of nitrogens with one attached hydrogen (secondary N) is 1. The molecule has 15 heteroatoms. The molecule has 0 saturated heterocycles. The quantitative estimate of drug-likeness (QED) is 0.114. The van der Waals surface area contributed by atoms with Crippen molar-refractivity contribution in [3.05, 3.63) is 29.8 Å². The summed E-state index contributed by atoms with van der Waals surface area (Å²) in [7, 11) is 0. The van der Waals surface area contributed by atoms with E-state index in [1.165, 1.54) is 9.80 Å². The fourth-order valence-corrected chi connectivity index (χ4v) is 4.27. The van der Waals surface area contributed by atoms with Gasteiger partial charge >= 0.3 is 29.8 Å². The molecule has 0 saturated carbocycles. The van der Waals surface area contributed by atoms with Crippen LogP contribution in [0.25, 0.3) is 0 Å². The number of carbonyl (C=O) groups is 5. The first-order valence-corrected chi connectivity index (χ1v) is 13.2. The predicted molar refractivity (Wildman–Crippen MR) is 152 cm³/mol. The molecule has 2 unspecified atom stereocenters. The van der Waals surface area contributed by atoms with E-state index in [0.29, 0.717) is 4.99 Å². The van der Waals surface area contributed by atoms with Crippen molar-refractivity contribution in [1.82, 2.24) is 14.7 Å². The fraction of sp³-hybridized carbons (Fsp3) is 0.538. The van der Waals surface area contributed by atoms with Crippen molar-refractivity contribution in [3.8, 4) is 0 Å². The molecule has 0 aliphatic rings. The van der Waals surface area contributed by atoms with E-state index < -0.39 is 74.7 Å². The maximum atomic E-state index is 11.7. The number of hydrogen-bond acceptors (Lipinski definition) is 9. The highest BCUT2D eigenvalue weighted by Gasteiger charge is 2.29. The third-order valence-electron chi connectivity index (χ3n) is 6.06. The van der Waals surface area contributed by atoms with Gasteiger partial charge in [0.05, 0.1) is 37.7 Å². The Morgan fingerprint density at radius 2 is 1.15 bits per heavy atom. The summed E-state index contributed by atoms with van der Waals surface area (Å²) in [5.41, 5.74) is 1.45. The van der Waals surface area contributed by atoms with E-state index in [0.717, 1.165) is 16.2 Å². The van der Waals surface area contributed by atoms with Gasteiger partial charge in [-0.25, -0.2) is 0 Å². The van der Waals surface area contributed by atoms with Gasteiger partial charge in [-0.2, -0.15) is 0 Å². The zero-order valence-corrected chi connectivity index (χ0v) is 24.0. The van der Waals surface area contributed by atoms with Gasteiger partial charge in [0.2, 0.25) is 0 Å². The molecule has 1 aromatic rings. The molecule has 1 rings (SSSR count). The molecule has 0 aliphatic carbocycles. The number of carboxylic acid groups (broad SMARTS) is 5. The molecule has 6 N–H and O–H groups in total. The lowest BCUT2D eigenvalue weighted by molar-refractivity contribution is -0.144. The van der Waals surface area contributed by atoms with Crippen LogP contribution in [-0.2, 0) is 30.4 Å². The van der Waals surface area contributed by atoms with Crippen molar-refractivity contribution < 1.29 is 49.5 Å². The van der Waals surface area contributed by atoms with Gasteiger partial charge in [-0.05, 0) is 31.0 Å². The summed E-state index contributed by atoms with van der Waals surface area (Å²) in [6.07, 6.45) is 0.161. The summed E-state index contributed by atoms with van der Waals surface area (Å²) < 4.78 is 0. The molecule has 0 spiro atoms. The molecular weight excluding hydrogens is 560 g/mol. The Balaban J connectivity index is 3.33. The Labute approximate surface area is 243 Å². The number of thiocarbonyl (C=S) groups is 1. The molecule has 2 atom stereocenters. The van der Waals surface area contributed by atoms with Crippen LogP contribution in [0.5, 0.6) is 0 Å². The summed E-state index contributed by atoms with van der Waals surface area (Å²) in [6, 6.07) is 5.58. The standard InChI is InChI=1S/C26H38N4O10S/c1-16(2)26(41)27-19-6-4-18(5-7-19)8-20(30(14-24(37)38)15-25(39)40)10-28(11-21(31)32)9-17(3)29(12-22(33)34)13-23(35)36/h4-7,16-17,20H,8-15H2,1-3H3,(H,27,41)(H,31,32)(H,33,34)(H,35,36)(H,37,38)(H,39,40). The Morgan fingerprint density at radius 1 is 0.707 bits per heavy atom. The minimum atomic E-state index is -1.27. The van der Waals surface area contributed by atoms with E-state index in [1.807, 2.05) is 13.8 Å². The molecule has 0 aliphatic heterocycles. The number of nitrogens with zero attached hydrogens (tertiary/aromatic N) is 3. The summed E-state index contributed by atoms with van der Waals surface area (Å²) in [5, 5.41) is 50.0. The molecule has 0 amide bonds. The average Bonchev–Trinajstić information content (AvgIpc) is 2.82. The summed E-state index contributed by atoms with van der Waals surface area (Å²) in [4.78, 5) is 61.9. The van der Waals surface area contributed by atoms with Crippen molar-refractivity contribution in [2.45, 2.75) is 39.3 Å². The van der Waals surface area contributed by atoms with Gasteiger partial charge in [0, 0.05) is 36.8 Å². The molecule has 0 heterocycles. The van der Waals surface area contributed by atoms with Crippen molar-refractivity contribution >= 4 is 52.7 Å². The monoisotopic (exact) mass is 598 g/mol. The first kappa shape index (κ1) is 35.4. The zero-order chi connectivity index (χ0) is 31.3. The lowest BCUT2D eigenvalue weighted by Gasteiger charge is -2.36. The van der Waals surface area contributed by atoms with Crippen LogP contribution in [0.15, 0.2) is 24.3 Å². The van der Waals surface area contributed by atoms with Gasteiger partial charge in [0.1, 0.15) is 0 Å². The Hall–Kier alpha value is -3.66. The molecule has 14 nitrogen and oxygen atoms in total. The smallest absolute Gasteiger partial charge is 0.317 e. The third-order valence-corrected chi connectivity index (χ3v) is 6.63. The van der Waals surface area contributed by atoms with E-state index in [9.17, 15) is 49.5 Å². The summed E-state index contributed by atoms with van der Waals surface area (Å²) in [6.45, 7) is 2.30. The van der Waals surface area contributed by atoms with Crippen LogP contribution >= 0.6 is 12.2 Å². The minimum Gasteiger partial charge on any atom is -0.480 e. The second-order valence-electron chi connectivity index (χ2n) is 10.0. The predicted octanol–water partition coefficient (Wildman–Crippen LogP) is 0.711. The van der Waals surface area contributed by atoms with Gasteiger partial charge in [-0.3, -0.25) is 38.7 Å². The number of aliphatic carboxylic acids is 5. The molecule has 0 aromatic heterocycles. The van der Waals surface area contributed by atoms with Crippen molar-refractivity contribution in [2.75, 3.05) is 51.1 Å². The molecule has 0 bridgehead atoms. The highest BCUT2D eigenvalue weighted by Crippen LogP contribution is 2.17. The van der Waals surface area contributed by atoms with Gasteiger partial charge in [-0.15, -0.1) is 0 Å². The second kappa shape index (κ2) is 17.2.